The molecule has 0 unspecified atom stereocenters. The van der Waals surface area contributed by atoms with Gasteiger partial charge in [0, 0.05) is 6.42 Å². The SMILES string of the molecule is CCCC(=O)c1cccc(F)c1OC(=O)c1ccccc1. The van der Waals surface area contributed by atoms with Crippen molar-refractivity contribution in [2.24, 2.45) is 0 Å². The van der Waals surface area contributed by atoms with Crippen molar-refractivity contribution in [3.8, 4) is 5.75 Å². The van der Waals surface area contributed by atoms with Crippen LogP contribution >= 0.6 is 0 Å². The van der Waals surface area contributed by atoms with Crippen molar-refractivity contribution in [2.75, 3.05) is 0 Å². The molecule has 0 saturated heterocycles. The van der Waals surface area contributed by atoms with Crippen LogP contribution in [0.5, 0.6) is 5.75 Å². The van der Waals surface area contributed by atoms with Crippen LogP contribution in [0.3, 0.4) is 0 Å². The van der Waals surface area contributed by atoms with E-state index in [0.29, 0.717) is 12.0 Å². The molecule has 0 saturated carbocycles. The van der Waals surface area contributed by atoms with Gasteiger partial charge in [-0.1, -0.05) is 31.2 Å². The van der Waals surface area contributed by atoms with Gasteiger partial charge in [0.1, 0.15) is 0 Å². The first-order valence-electron chi connectivity index (χ1n) is 6.72. The monoisotopic (exact) mass is 286 g/mol. The van der Waals surface area contributed by atoms with E-state index in [2.05, 4.69) is 0 Å². The highest BCUT2D eigenvalue weighted by atomic mass is 19.1. The fourth-order valence-electron chi connectivity index (χ4n) is 1.92. The molecule has 0 radical (unpaired) electrons. The minimum atomic E-state index is -0.721. The summed E-state index contributed by atoms with van der Waals surface area (Å²) in [5.41, 5.74) is 0.399. The molecule has 2 aromatic carbocycles. The number of esters is 1. The van der Waals surface area contributed by atoms with E-state index in [1.807, 2.05) is 6.92 Å². The molecule has 3 nitrogen and oxygen atoms in total. The third-order valence-corrected chi connectivity index (χ3v) is 2.95. The number of ether oxygens (including phenoxy) is 1. The summed E-state index contributed by atoms with van der Waals surface area (Å²) in [6.45, 7) is 1.85. The summed E-state index contributed by atoms with van der Waals surface area (Å²) in [5, 5.41) is 0. The van der Waals surface area contributed by atoms with Gasteiger partial charge < -0.3 is 4.74 Å². The quantitative estimate of drug-likeness (QED) is 0.473. The molecule has 0 aliphatic heterocycles. The molecule has 0 amide bonds. The van der Waals surface area contributed by atoms with E-state index >= 15 is 0 Å². The molecule has 0 fully saturated rings. The molecule has 0 N–H and O–H groups in total. The second-order valence-electron chi connectivity index (χ2n) is 4.55. The molecule has 0 heterocycles. The molecule has 21 heavy (non-hydrogen) atoms. The van der Waals surface area contributed by atoms with Gasteiger partial charge in [0.15, 0.2) is 17.3 Å². The van der Waals surface area contributed by atoms with Crippen LogP contribution in [0.4, 0.5) is 4.39 Å². The zero-order valence-electron chi connectivity index (χ0n) is 11.6. The highest BCUT2D eigenvalue weighted by Gasteiger charge is 2.19. The first-order chi connectivity index (χ1) is 10.1. The molecule has 2 aromatic rings. The lowest BCUT2D eigenvalue weighted by atomic mass is 10.1. The first-order valence-corrected chi connectivity index (χ1v) is 6.72. The van der Waals surface area contributed by atoms with Crippen LogP contribution in [0.15, 0.2) is 48.5 Å². The van der Waals surface area contributed by atoms with Crippen molar-refractivity contribution < 1.29 is 18.7 Å². The molecular weight excluding hydrogens is 271 g/mol. The van der Waals surface area contributed by atoms with Crippen LogP contribution in [0.25, 0.3) is 0 Å². The van der Waals surface area contributed by atoms with Crippen molar-refractivity contribution in [1.82, 2.24) is 0 Å². The van der Waals surface area contributed by atoms with Gasteiger partial charge in [-0.2, -0.15) is 0 Å². The summed E-state index contributed by atoms with van der Waals surface area (Å²) in [5.74, 6) is -1.95. The maximum atomic E-state index is 13.9. The molecule has 0 bridgehead atoms. The van der Waals surface area contributed by atoms with Crippen molar-refractivity contribution in [1.29, 1.82) is 0 Å². The first kappa shape index (κ1) is 14.9. The summed E-state index contributed by atoms with van der Waals surface area (Å²) >= 11 is 0. The Balaban J connectivity index is 2.31. The lowest BCUT2D eigenvalue weighted by molar-refractivity contribution is 0.0725. The summed E-state index contributed by atoms with van der Waals surface area (Å²) in [6.07, 6.45) is 0.917. The third-order valence-electron chi connectivity index (χ3n) is 2.95. The van der Waals surface area contributed by atoms with Crippen molar-refractivity contribution >= 4 is 11.8 Å². The molecule has 0 aromatic heterocycles. The van der Waals surface area contributed by atoms with Crippen LogP contribution in [0, 0.1) is 5.82 Å². The van der Waals surface area contributed by atoms with Gasteiger partial charge in [-0.15, -0.1) is 0 Å². The van der Waals surface area contributed by atoms with Gasteiger partial charge in [-0.25, -0.2) is 9.18 Å². The maximum absolute atomic E-state index is 13.9. The van der Waals surface area contributed by atoms with E-state index in [0.717, 1.165) is 6.07 Å². The van der Waals surface area contributed by atoms with Crippen molar-refractivity contribution in [2.45, 2.75) is 19.8 Å². The Morgan fingerprint density at radius 1 is 1.05 bits per heavy atom. The van der Waals surface area contributed by atoms with Crippen LogP contribution < -0.4 is 4.74 Å². The number of para-hydroxylation sites is 1. The number of rotatable bonds is 5. The average molecular weight is 286 g/mol. The summed E-state index contributed by atoms with van der Waals surface area (Å²) in [7, 11) is 0. The number of carbonyl (C=O) groups is 2. The second kappa shape index (κ2) is 6.79. The lowest BCUT2D eigenvalue weighted by Gasteiger charge is -2.10. The highest BCUT2D eigenvalue weighted by Crippen LogP contribution is 2.25. The Morgan fingerprint density at radius 3 is 2.43 bits per heavy atom. The largest absolute Gasteiger partial charge is 0.419 e. The number of hydrogen-bond donors (Lipinski definition) is 0. The summed E-state index contributed by atoms with van der Waals surface area (Å²) in [4.78, 5) is 24.0. The summed E-state index contributed by atoms with van der Waals surface area (Å²) < 4.78 is 19.0. The average Bonchev–Trinajstić information content (AvgIpc) is 2.50. The molecule has 4 heteroatoms. The predicted octanol–water partition coefficient (Wildman–Crippen LogP) is 4.03. The molecule has 0 aliphatic rings. The molecule has 0 spiro atoms. The maximum Gasteiger partial charge on any atom is 0.343 e. The molecule has 2 rings (SSSR count). The fourth-order valence-corrected chi connectivity index (χ4v) is 1.92. The van der Waals surface area contributed by atoms with E-state index < -0.39 is 11.8 Å². The Morgan fingerprint density at radius 2 is 1.76 bits per heavy atom. The van der Waals surface area contributed by atoms with Crippen molar-refractivity contribution in [3.05, 3.63) is 65.5 Å². The van der Waals surface area contributed by atoms with Gasteiger partial charge in [0.25, 0.3) is 0 Å². The number of ketones is 1. The van der Waals surface area contributed by atoms with Crippen LogP contribution in [-0.4, -0.2) is 11.8 Å². The Bertz CT molecular complexity index is 650. The van der Waals surface area contributed by atoms with E-state index in [1.165, 1.54) is 12.1 Å². The number of halogens is 1. The van der Waals surface area contributed by atoms with E-state index in [9.17, 15) is 14.0 Å². The van der Waals surface area contributed by atoms with Gasteiger partial charge in [0.2, 0.25) is 0 Å². The van der Waals surface area contributed by atoms with E-state index in [1.54, 1.807) is 30.3 Å². The number of benzene rings is 2. The van der Waals surface area contributed by atoms with E-state index in [-0.39, 0.29) is 23.5 Å². The second-order valence-corrected chi connectivity index (χ2v) is 4.55. The Kier molecular flexibility index (Phi) is 4.82. The third kappa shape index (κ3) is 3.54. The van der Waals surface area contributed by atoms with Crippen LogP contribution in [0.2, 0.25) is 0 Å². The zero-order chi connectivity index (χ0) is 15.2. The highest BCUT2D eigenvalue weighted by molar-refractivity contribution is 6.00. The van der Waals surface area contributed by atoms with Gasteiger partial charge in [-0.05, 0) is 30.7 Å². The Labute approximate surface area is 122 Å². The van der Waals surface area contributed by atoms with Crippen LogP contribution in [0.1, 0.15) is 40.5 Å². The Hall–Kier alpha value is -2.49. The smallest absolute Gasteiger partial charge is 0.343 e. The molecular formula is C17H15FO3. The van der Waals surface area contributed by atoms with Crippen LogP contribution in [-0.2, 0) is 0 Å². The topological polar surface area (TPSA) is 43.4 Å². The summed E-state index contributed by atoms with van der Waals surface area (Å²) in [6, 6.07) is 12.3. The molecule has 0 aliphatic carbocycles. The van der Waals surface area contributed by atoms with Crippen molar-refractivity contribution in [3.63, 3.8) is 0 Å². The lowest BCUT2D eigenvalue weighted by Crippen LogP contribution is -2.13. The molecule has 0 atom stereocenters. The fraction of sp³-hybridized carbons (Fsp3) is 0.176. The molecule has 108 valence electrons. The predicted molar refractivity (Wildman–Crippen MR) is 77.0 cm³/mol. The standard InChI is InChI=1S/C17H15FO3/c1-2-7-15(19)13-10-6-11-14(18)16(13)21-17(20)12-8-4-3-5-9-12/h3-6,8-11H,2,7H2,1H3. The number of carbonyl (C=O) groups excluding carboxylic acids is 2. The minimum absolute atomic E-state index is 0.0983. The van der Waals surface area contributed by atoms with Gasteiger partial charge >= 0.3 is 5.97 Å². The normalized spacial score (nSPS) is 10.2. The van der Waals surface area contributed by atoms with E-state index in [4.69, 9.17) is 4.74 Å². The van der Waals surface area contributed by atoms with Gasteiger partial charge in [-0.3, -0.25) is 4.79 Å². The zero-order valence-corrected chi connectivity index (χ0v) is 11.6. The van der Waals surface area contributed by atoms with Gasteiger partial charge in [0.05, 0.1) is 11.1 Å². The number of hydrogen-bond acceptors (Lipinski definition) is 3. The number of Topliss-reactive ketones (excluding diaryl/α,β-unsaturated/α-hetero) is 1. The minimum Gasteiger partial charge on any atom is -0.419 e.